The summed E-state index contributed by atoms with van der Waals surface area (Å²) in [5.74, 6) is 1.03. The first kappa shape index (κ1) is 16.9. The zero-order chi connectivity index (χ0) is 18.8. The van der Waals surface area contributed by atoms with E-state index in [2.05, 4.69) is 15.6 Å². The van der Waals surface area contributed by atoms with Crippen LogP contribution in [0.5, 0.6) is 11.5 Å². The summed E-state index contributed by atoms with van der Waals surface area (Å²) in [6.07, 6.45) is 0. The fraction of sp³-hybridized carbons (Fsp3) is 0.211. The molecule has 3 aromatic rings. The maximum absolute atomic E-state index is 12.5. The van der Waals surface area contributed by atoms with Crippen molar-refractivity contribution in [1.29, 1.82) is 0 Å². The summed E-state index contributed by atoms with van der Waals surface area (Å²) in [7, 11) is 0. The van der Waals surface area contributed by atoms with E-state index in [4.69, 9.17) is 15.2 Å². The summed E-state index contributed by atoms with van der Waals surface area (Å²) in [5, 5.41) is 10.7. The number of nitrogens with one attached hydrogen (secondary N) is 1. The summed E-state index contributed by atoms with van der Waals surface area (Å²) in [6.45, 7) is 3.45. The lowest BCUT2D eigenvalue weighted by atomic mass is 10.1. The van der Waals surface area contributed by atoms with Gasteiger partial charge in [0.2, 0.25) is 0 Å². The SMILES string of the molecule is Cc1cccc(Cn2nnc(C(=O)Nc3ccc4c(c3)OCCO4)c2N)c1. The summed E-state index contributed by atoms with van der Waals surface area (Å²) in [5.41, 5.74) is 8.91. The van der Waals surface area contributed by atoms with Crippen molar-refractivity contribution in [2.45, 2.75) is 13.5 Å². The summed E-state index contributed by atoms with van der Waals surface area (Å²) in [4.78, 5) is 12.5. The van der Waals surface area contributed by atoms with Crippen LogP contribution >= 0.6 is 0 Å². The molecule has 8 nitrogen and oxygen atoms in total. The van der Waals surface area contributed by atoms with Gasteiger partial charge in [-0.05, 0) is 24.6 Å². The number of hydrogen-bond acceptors (Lipinski definition) is 6. The summed E-state index contributed by atoms with van der Waals surface area (Å²) in [6, 6.07) is 13.2. The highest BCUT2D eigenvalue weighted by Crippen LogP contribution is 2.32. The number of amides is 1. The molecular formula is C19H19N5O3. The maximum atomic E-state index is 12.5. The van der Waals surface area contributed by atoms with E-state index in [0.29, 0.717) is 36.9 Å². The van der Waals surface area contributed by atoms with Crippen molar-refractivity contribution >= 4 is 17.4 Å². The van der Waals surface area contributed by atoms with Gasteiger partial charge in [-0.25, -0.2) is 4.68 Å². The van der Waals surface area contributed by atoms with Gasteiger partial charge in [0.1, 0.15) is 13.2 Å². The van der Waals surface area contributed by atoms with Crippen LogP contribution in [0.25, 0.3) is 0 Å². The predicted molar refractivity (Wildman–Crippen MR) is 100 cm³/mol. The number of aryl methyl sites for hydroxylation is 1. The number of ether oxygens (including phenoxy) is 2. The van der Waals surface area contributed by atoms with Gasteiger partial charge in [-0.3, -0.25) is 4.79 Å². The molecule has 8 heteroatoms. The Kier molecular flexibility index (Phi) is 4.37. The van der Waals surface area contributed by atoms with Gasteiger partial charge in [-0.15, -0.1) is 5.10 Å². The Bertz CT molecular complexity index is 999. The lowest BCUT2D eigenvalue weighted by Crippen LogP contribution is -2.17. The fourth-order valence-electron chi connectivity index (χ4n) is 2.89. The molecule has 0 radical (unpaired) electrons. The van der Waals surface area contributed by atoms with Gasteiger partial charge < -0.3 is 20.5 Å². The number of anilines is 2. The van der Waals surface area contributed by atoms with E-state index in [0.717, 1.165) is 11.1 Å². The molecule has 0 saturated carbocycles. The number of carbonyl (C=O) groups is 1. The lowest BCUT2D eigenvalue weighted by molar-refractivity contribution is 0.102. The number of rotatable bonds is 4. The molecule has 0 atom stereocenters. The highest BCUT2D eigenvalue weighted by atomic mass is 16.6. The molecule has 27 heavy (non-hydrogen) atoms. The third-order valence-corrected chi connectivity index (χ3v) is 4.20. The van der Waals surface area contributed by atoms with Gasteiger partial charge in [-0.1, -0.05) is 35.0 Å². The molecule has 3 N–H and O–H groups in total. The monoisotopic (exact) mass is 365 g/mol. The normalized spacial score (nSPS) is 12.6. The van der Waals surface area contributed by atoms with Crippen LogP contribution in [0.3, 0.4) is 0 Å². The molecule has 0 fully saturated rings. The van der Waals surface area contributed by atoms with Gasteiger partial charge in [0, 0.05) is 11.8 Å². The number of nitrogen functional groups attached to an aromatic ring is 1. The van der Waals surface area contributed by atoms with E-state index in [-0.39, 0.29) is 11.5 Å². The molecule has 4 rings (SSSR count). The molecule has 0 spiro atoms. The van der Waals surface area contributed by atoms with E-state index in [1.807, 2.05) is 31.2 Å². The van der Waals surface area contributed by atoms with Crippen LogP contribution in [0, 0.1) is 6.92 Å². The molecule has 1 amide bonds. The molecule has 0 saturated heterocycles. The quantitative estimate of drug-likeness (QED) is 0.735. The maximum Gasteiger partial charge on any atom is 0.280 e. The van der Waals surface area contributed by atoms with E-state index in [9.17, 15) is 4.79 Å². The Morgan fingerprint density at radius 2 is 2.00 bits per heavy atom. The topological polar surface area (TPSA) is 104 Å². The van der Waals surface area contributed by atoms with Crippen molar-refractivity contribution in [2.75, 3.05) is 24.3 Å². The van der Waals surface area contributed by atoms with E-state index in [1.165, 1.54) is 4.68 Å². The Morgan fingerprint density at radius 3 is 2.81 bits per heavy atom. The molecule has 1 aliphatic heterocycles. The van der Waals surface area contributed by atoms with E-state index in [1.54, 1.807) is 18.2 Å². The highest BCUT2D eigenvalue weighted by Gasteiger charge is 2.19. The Labute approximate surface area is 155 Å². The van der Waals surface area contributed by atoms with Crippen LogP contribution in [0.4, 0.5) is 11.5 Å². The van der Waals surface area contributed by atoms with Crippen molar-refractivity contribution in [1.82, 2.24) is 15.0 Å². The first-order valence-electron chi connectivity index (χ1n) is 8.55. The molecule has 0 bridgehead atoms. The standard InChI is InChI=1S/C19H19N5O3/c1-12-3-2-4-13(9-12)11-24-18(20)17(22-23-24)19(25)21-14-5-6-15-16(10-14)27-8-7-26-15/h2-6,9-10H,7-8,11,20H2,1H3,(H,21,25). The number of nitrogens with zero attached hydrogens (tertiary/aromatic N) is 3. The van der Waals surface area contributed by atoms with Crippen molar-refractivity contribution in [3.63, 3.8) is 0 Å². The molecule has 0 aliphatic carbocycles. The van der Waals surface area contributed by atoms with Crippen LogP contribution in [-0.4, -0.2) is 34.1 Å². The second-order valence-electron chi connectivity index (χ2n) is 6.28. The zero-order valence-corrected chi connectivity index (χ0v) is 14.8. The number of fused-ring (bicyclic) bond motifs is 1. The number of benzene rings is 2. The molecule has 2 aromatic carbocycles. The highest BCUT2D eigenvalue weighted by molar-refractivity contribution is 6.05. The second kappa shape index (κ2) is 6.99. The third kappa shape index (κ3) is 3.55. The van der Waals surface area contributed by atoms with Crippen LogP contribution in [0.15, 0.2) is 42.5 Å². The van der Waals surface area contributed by atoms with Crippen molar-refractivity contribution in [2.24, 2.45) is 0 Å². The van der Waals surface area contributed by atoms with Gasteiger partial charge >= 0.3 is 0 Å². The summed E-state index contributed by atoms with van der Waals surface area (Å²) < 4.78 is 12.5. The minimum Gasteiger partial charge on any atom is -0.486 e. The third-order valence-electron chi connectivity index (χ3n) is 4.20. The van der Waals surface area contributed by atoms with Crippen LogP contribution in [-0.2, 0) is 6.54 Å². The first-order valence-corrected chi connectivity index (χ1v) is 8.55. The first-order chi connectivity index (χ1) is 13.1. The summed E-state index contributed by atoms with van der Waals surface area (Å²) >= 11 is 0. The van der Waals surface area contributed by atoms with Crippen LogP contribution < -0.4 is 20.5 Å². The average Bonchev–Trinajstić information content (AvgIpc) is 3.02. The fourth-order valence-corrected chi connectivity index (χ4v) is 2.89. The lowest BCUT2D eigenvalue weighted by Gasteiger charge is -2.18. The molecule has 1 aliphatic rings. The van der Waals surface area contributed by atoms with Crippen LogP contribution in [0.1, 0.15) is 21.6 Å². The Hall–Kier alpha value is -3.55. The molecule has 2 heterocycles. The van der Waals surface area contributed by atoms with Gasteiger partial charge in [0.25, 0.3) is 5.91 Å². The smallest absolute Gasteiger partial charge is 0.280 e. The Morgan fingerprint density at radius 1 is 1.19 bits per heavy atom. The van der Waals surface area contributed by atoms with Crippen molar-refractivity contribution in [3.05, 3.63) is 59.3 Å². The number of hydrogen-bond donors (Lipinski definition) is 2. The minimum atomic E-state index is -0.431. The number of carbonyl (C=O) groups excluding carboxylic acids is 1. The van der Waals surface area contributed by atoms with E-state index < -0.39 is 5.91 Å². The van der Waals surface area contributed by atoms with Gasteiger partial charge in [0.15, 0.2) is 23.0 Å². The molecule has 0 unspecified atom stereocenters. The van der Waals surface area contributed by atoms with Crippen LogP contribution in [0.2, 0.25) is 0 Å². The zero-order valence-electron chi connectivity index (χ0n) is 14.8. The van der Waals surface area contributed by atoms with Crippen molar-refractivity contribution in [3.8, 4) is 11.5 Å². The largest absolute Gasteiger partial charge is 0.486 e. The minimum absolute atomic E-state index is 0.0811. The second-order valence-corrected chi connectivity index (χ2v) is 6.28. The molecule has 1 aromatic heterocycles. The van der Waals surface area contributed by atoms with Crippen molar-refractivity contribution < 1.29 is 14.3 Å². The van der Waals surface area contributed by atoms with Gasteiger partial charge in [0.05, 0.1) is 6.54 Å². The number of aromatic nitrogens is 3. The molecule has 138 valence electrons. The number of nitrogens with two attached hydrogens (primary N) is 1. The Balaban J connectivity index is 1.50. The predicted octanol–water partition coefficient (Wildman–Crippen LogP) is 2.24. The van der Waals surface area contributed by atoms with Gasteiger partial charge in [-0.2, -0.15) is 0 Å². The molecular weight excluding hydrogens is 346 g/mol. The van der Waals surface area contributed by atoms with E-state index >= 15 is 0 Å². The average molecular weight is 365 g/mol.